The molecule has 2 heterocycles. The second-order valence-corrected chi connectivity index (χ2v) is 11.1. The van der Waals surface area contributed by atoms with Gasteiger partial charge in [0.15, 0.2) is 18.2 Å². The van der Waals surface area contributed by atoms with Gasteiger partial charge in [0, 0.05) is 11.1 Å². The van der Waals surface area contributed by atoms with Crippen molar-refractivity contribution >= 4 is 25.4 Å². The molecule has 2 aliphatic heterocycles. The van der Waals surface area contributed by atoms with Crippen LogP contribution in [0.2, 0.25) is 0 Å². The molecule has 0 radical (unpaired) electrons. The van der Waals surface area contributed by atoms with Gasteiger partial charge in [0.25, 0.3) is 0 Å². The molecule has 0 saturated carbocycles. The van der Waals surface area contributed by atoms with Crippen molar-refractivity contribution in [2.24, 2.45) is 5.11 Å². The Labute approximate surface area is 236 Å². The van der Waals surface area contributed by atoms with Crippen molar-refractivity contribution in [3.8, 4) is 5.75 Å². The Hall–Kier alpha value is -3.32. The van der Waals surface area contributed by atoms with Gasteiger partial charge in [-0.1, -0.05) is 49.5 Å². The average molecular weight is 598 g/mol. The summed E-state index contributed by atoms with van der Waals surface area (Å²) in [6, 6.07) is 6.57. The van der Waals surface area contributed by atoms with Crippen LogP contribution in [0.4, 0.5) is 4.39 Å². The van der Waals surface area contributed by atoms with Gasteiger partial charge in [-0.2, -0.15) is 5.09 Å². The number of allylic oxidation sites excluding steroid dienone is 1. The summed E-state index contributed by atoms with van der Waals surface area (Å²) in [5.41, 5.74) is 6.67. The Kier molecular flexibility index (Phi) is 11.4. The maximum absolute atomic E-state index is 15.2. The smallest absolute Gasteiger partial charge is 0.459 e. The largest absolute Gasteiger partial charge is 0.465 e. The number of unbranched alkanes of at least 4 members (excludes halogenated alkanes) is 3. The van der Waals surface area contributed by atoms with E-state index < -0.39 is 68.7 Å². The molecule has 1 saturated heterocycles. The first-order chi connectivity index (χ1) is 19.5. The molecule has 1 aromatic rings. The minimum atomic E-state index is -4.53. The van der Waals surface area contributed by atoms with Gasteiger partial charge in [0.05, 0.1) is 19.6 Å². The second-order valence-electron chi connectivity index (χ2n) is 9.45. The lowest BCUT2D eigenvalue weighted by molar-refractivity contribution is -0.157. The highest BCUT2D eigenvalue weighted by atomic mass is 31.2. The number of carbonyl (C=O) groups is 3. The molecule has 0 aromatic heterocycles. The average Bonchev–Trinajstić information content (AvgIpc) is 3.18. The van der Waals surface area contributed by atoms with E-state index in [0.29, 0.717) is 6.42 Å². The summed E-state index contributed by atoms with van der Waals surface area (Å²) >= 11 is 0. The molecular formula is C25H33FN5O9P. The molecule has 41 heavy (non-hydrogen) atoms. The van der Waals surface area contributed by atoms with E-state index in [1.165, 1.54) is 19.1 Å². The number of para-hydroxylation sites is 1. The van der Waals surface area contributed by atoms with E-state index >= 15 is 4.39 Å². The predicted octanol–water partition coefficient (Wildman–Crippen LogP) is 3.67. The number of hydrogen-bond acceptors (Lipinski definition) is 10. The number of amides is 1. The van der Waals surface area contributed by atoms with Gasteiger partial charge in [-0.25, -0.2) is 8.96 Å². The van der Waals surface area contributed by atoms with Crippen molar-refractivity contribution in [2.45, 2.75) is 76.2 Å². The first-order valence-electron chi connectivity index (χ1n) is 13.1. The number of esters is 1. The van der Waals surface area contributed by atoms with Crippen LogP contribution >= 0.6 is 7.75 Å². The highest BCUT2D eigenvalue weighted by Gasteiger charge is 2.59. The Bertz CT molecular complexity index is 1220. The van der Waals surface area contributed by atoms with Crippen molar-refractivity contribution in [3.63, 3.8) is 0 Å². The molecule has 1 fully saturated rings. The van der Waals surface area contributed by atoms with Crippen molar-refractivity contribution in [1.29, 1.82) is 0 Å². The Balaban J connectivity index is 1.79. The van der Waals surface area contributed by atoms with Crippen LogP contribution in [0.3, 0.4) is 0 Å². The fourth-order valence-corrected chi connectivity index (χ4v) is 5.56. The van der Waals surface area contributed by atoms with Crippen LogP contribution in [0.1, 0.15) is 46.0 Å². The van der Waals surface area contributed by atoms with E-state index in [0.717, 1.165) is 36.4 Å². The van der Waals surface area contributed by atoms with Crippen LogP contribution in [0.25, 0.3) is 10.4 Å². The number of carbonyl (C=O) groups excluding carboxylic acids is 3. The van der Waals surface area contributed by atoms with E-state index in [9.17, 15) is 29.6 Å². The summed E-state index contributed by atoms with van der Waals surface area (Å²) in [5.74, 6) is -1.98. The Morgan fingerprint density at radius 1 is 1.34 bits per heavy atom. The molecule has 3 rings (SSSR count). The van der Waals surface area contributed by atoms with Gasteiger partial charge in [-0.05, 0) is 37.1 Å². The van der Waals surface area contributed by atoms with Gasteiger partial charge in [-0.15, -0.1) is 0 Å². The van der Waals surface area contributed by atoms with Crippen molar-refractivity contribution in [1.82, 2.24) is 9.99 Å². The number of alkyl halides is 1. The zero-order valence-corrected chi connectivity index (χ0v) is 23.5. The summed E-state index contributed by atoms with van der Waals surface area (Å²) in [5, 5.41) is 16.5. The fraction of sp³-hybridized carbons (Fsp3) is 0.560. The van der Waals surface area contributed by atoms with Crippen molar-refractivity contribution in [3.05, 3.63) is 53.1 Å². The number of azide groups is 1. The summed E-state index contributed by atoms with van der Waals surface area (Å²) in [6.45, 7) is 2.55. The van der Waals surface area contributed by atoms with Crippen LogP contribution in [0, 0.1) is 0 Å². The highest BCUT2D eigenvalue weighted by Crippen LogP contribution is 2.48. The molecule has 0 aliphatic carbocycles. The van der Waals surface area contributed by atoms with E-state index in [2.05, 4.69) is 15.1 Å². The number of ketones is 1. The Morgan fingerprint density at radius 3 is 2.73 bits per heavy atom. The summed E-state index contributed by atoms with van der Waals surface area (Å²) < 4.78 is 50.8. The zero-order chi connectivity index (χ0) is 30.0. The first-order valence-corrected chi connectivity index (χ1v) is 14.6. The van der Waals surface area contributed by atoms with Gasteiger partial charge < -0.3 is 19.1 Å². The second kappa shape index (κ2) is 14.5. The van der Waals surface area contributed by atoms with E-state index in [1.807, 2.05) is 6.92 Å². The number of aliphatic hydroxyl groups excluding tert-OH is 1. The fourth-order valence-electron chi connectivity index (χ4n) is 4.04. The molecule has 6 atom stereocenters. The molecule has 2 N–H and O–H groups in total. The predicted molar refractivity (Wildman–Crippen MR) is 142 cm³/mol. The molecule has 0 bridgehead atoms. The van der Waals surface area contributed by atoms with E-state index in [4.69, 9.17) is 18.5 Å². The van der Waals surface area contributed by atoms with Crippen LogP contribution in [-0.2, 0) is 32.9 Å². The topological polar surface area (TPSA) is 189 Å². The molecule has 1 amide bonds. The van der Waals surface area contributed by atoms with Gasteiger partial charge in [0.2, 0.25) is 11.6 Å². The monoisotopic (exact) mass is 597 g/mol. The van der Waals surface area contributed by atoms with Gasteiger partial charge in [0.1, 0.15) is 17.9 Å². The maximum atomic E-state index is 15.2. The summed E-state index contributed by atoms with van der Waals surface area (Å²) in [7, 11) is -4.53. The van der Waals surface area contributed by atoms with Gasteiger partial charge >= 0.3 is 13.7 Å². The highest BCUT2D eigenvalue weighted by molar-refractivity contribution is 7.52. The van der Waals surface area contributed by atoms with Crippen molar-refractivity contribution < 1.29 is 47.0 Å². The molecule has 14 nitrogen and oxygen atoms in total. The lowest BCUT2D eigenvalue weighted by Crippen LogP contribution is -2.45. The van der Waals surface area contributed by atoms with Gasteiger partial charge in [-0.3, -0.25) is 23.8 Å². The molecule has 16 heteroatoms. The number of halogens is 1. The quantitative estimate of drug-likeness (QED) is 0.0574. The number of ether oxygens (including phenoxy) is 2. The third-order valence-electron chi connectivity index (χ3n) is 6.24. The van der Waals surface area contributed by atoms with E-state index in [1.54, 1.807) is 18.2 Å². The first kappa shape index (κ1) is 32.2. The number of hydrogen-bond donors (Lipinski definition) is 2. The lowest BCUT2D eigenvalue weighted by atomic mass is 10.1. The lowest BCUT2D eigenvalue weighted by Gasteiger charge is -2.31. The maximum Gasteiger partial charge on any atom is 0.459 e. The third-order valence-corrected chi connectivity index (χ3v) is 7.87. The normalized spacial score (nSPS) is 26.2. The minimum Gasteiger partial charge on any atom is -0.465 e. The number of rotatable bonds is 15. The van der Waals surface area contributed by atoms with Crippen LogP contribution in [0.15, 0.2) is 47.7 Å². The number of aliphatic hydroxyl groups is 1. The zero-order valence-electron chi connectivity index (χ0n) is 22.6. The molecule has 1 unspecified atom stereocenters. The molecule has 2 aliphatic rings. The molecule has 224 valence electrons. The van der Waals surface area contributed by atoms with Crippen LogP contribution < -0.4 is 9.61 Å². The minimum absolute atomic E-state index is 0.0733. The molecular weight excluding hydrogens is 564 g/mol. The van der Waals surface area contributed by atoms with Crippen LogP contribution in [0.5, 0.6) is 5.75 Å². The standard InChI is InChI=1S/C25H33FN5O9P/c1-3-4-5-9-14-37-24(35)17(2)28-41(36,40-19-10-7-6-8-11-19)38-16-25(29-30-27)22(34)21(26)23(39-25)31-13-12-18(32)15-20(31)33/h6-8,10-13,17,21-23,34H,3-5,9,14-16H2,1-2H3,(H,28,36)/t17-,21+,22-,23+,25+,41?/m0/s1. The number of benzene rings is 1. The molecule has 1 aromatic carbocycles. The number of nitrogens with one attached hydrogen (secondary N) is 1. The Morgan fingerprint density at radius 2 is 2.07 bits per heavy atom. The number of nitrogens with zero attached hydrogens (tertiary/aromatic N) is 4. The third kappa shape index (κ3) is 8.35. The van der Waals surface area contributed by atoms with Crippen molar-refractivity contribution in [2.75, 3.05) is 13.2 Å². The van der Waals surface area contributed by atoms with E-state index in [-0.39, 0.29) is 12.4 Å². The molecule has 0 spiro atoms. The summed E-state index contributed by atoms with van der Waals surface area (Å²) in [4.78, 5) is 39.7. The SMILES string of the molecule is CCCCCCOC(=O)[C@H](C)NP(=O)(OC[C@@]1(N=[N+]=[N-])O[C@@H](N2C=CC(=O)CC2=O)[C@H](F)[C@@H]1O)Oc1ccccc1. The van der Waals surface area contributed by atoms with Crippen LogP contribution in [-0.4, -0.2) is 71.2 Å². The summed E-state index contributed by atoms with van der Waals surface area (Å²) in [6.07, 6.45) is -1.29.